The fourth-order valence-electron chi connectivity index (χ4n) is 4.14. The smallest absolute Gasteiger partial charge is 0.282 e. The van der Waals surface area contributed by atoms with E-state index in [1.165, 1.54) is 12.1 Å². The Morgan fingerprint density at radius 1 is 0.622 bits per heavy atom. The van der Waals surface area contributed by atoms with Gasteiger partial charge in [-0.15, -0.1) is 0 Å². The molecule has 4 aromatic carbocycles. The van der Waals surface area contributed by atoms with Gasteiger partial charge in [0.1, 0.15) is 11.4 Å². The number of nitrogens with zero attached hydrogens (tertiary/aromatic N) is 1. The van der Waals surface area contributed by atoms with Gasteiger partial charge in [0.15, 0.2) is 0 Å². The van der Waals surface area contributed by atoms with Gasteiger partial charge in [0, 0.05) is 0 Å². The van der Waals surface area contributed by atoms with Crippen LogP contribution in [0, 0.1) is 0 Å². The van der Waals surface area contributed by atoms with Crippen molar-refractivity contribution in [3.8, 4) is 0 Å². The summed E-state index contributed by atoms with van der Waals surface area (Å²) in [7, 11) is -4.23. The molecule has 1 aliphatic carbocycles. The predicted octanol–water partition coefficient (Wildman–Crippen LogP) is 6.16. The van der Waals surface area contributed by atoms with E-state index in [-0.39, 0.29) is 4.90 Å². The van der Waals surface area contributed by atoms with Gasteiger partial charge in [0.25, 0.3) is 10.1 Å². The van der Waals surface area contributed by atoms with Crippen molar-refractivity contribution in [2.24, 2.45) is 4.99 Å². The Balaban J connectivity index is 1.44. The lowest BCUT2D eigenvalue weighted by Gasteiger charge is -2.14. The highest BCUT2D eigenvalue weighted by Crippen LogP contribution is 2.30. The van der Waals surface area contributed by atoms with Crippen molar-refractivity contribution in [2.45, 2.75) is 4.90 Å². The Labute approximate surface area is 216 Å². The molecule has 0 saturated heterocycles. The van der Waals surface area contributed by atoms with Crippen LogP contribution in [0.1, 0.15) is 11.1 Å². The molecule has 0 aliphatic heterocycles. The summed E-state index contributed by atoms with van der Waals surface area (Å²) in [6.07, 6.45) is 7.95. The largest absolute Gasteiger partial charge is 0.294 e. The van der Waals surface area contributed by atoms with E-state index in [2.05, 4.69) is 58.8 Å². The van der Waals surface area contributed by atoms with Crippen molar-refractivity contribution in [3.05, 3.63) is 150 Å². The number of allylic oxidation sites excluding steroid dienone is 5. The second kappa shape index (κ2) is 10.7. The number of para-hydroxylation sites is 1. The lowest BCUT2D eigenvalue weighted by atomic mass is 9.91. The second-order valence-electron chi connectivity index (χ2n) is 8.55. The molecule has 5 nitrogen and oxygen atoms in total. The van der Waals surface area contributed by atoms with Crippen LogP contribution in [-0.4, -0.2) is 18.7 Å². The summed E-state index contributed by atoms with van der Waals surface area (Å²) < 4.78 is 31.7. The lowest BCUT2D eigenvalue weighted by Crippen LogP contribution is -2.70. The van der Waals surface area contributed by atoms with E-state index in [0.717, 1.165) is 39.4 Å². The van der Waals surface area contributed by atoms with E-state index in [0.29, 0.717) is 5.69 Å². The number of rotatable bonds is 6. The minimum Gasteiger partial charge on any atom is -0.282 e. The molecular formula is C31H25N2O3S+. The van der Waals surface area contributed by atoms with Gasteiger partial charge in [-0.3, -0.25) is 9.87 Å². The number of aliphatic imine (C=N–C) groups is 1. The Hall–Kier alpha value is -4.36. The molecule has 37 heavy (non-hydrogen) atoms. The molecule has 0 atom stereocenters. The van der Waals surface area contributed by atoms with Crippen molar-refractivity contribution < 1.29 is 18.3 Å². The highest BCUT2D eigenvalue weighted by Gasteiger charge is 2.13. The van der Waals surface area contributed by atoms with Gasteiger partial charge in [-0.05, 0) is 95.1 Å². The minimum atomic E-state index is -4.23. The third-order valence-electron chi connectivity index (χ3n) is 5.94. The Bertz CT molecular complexity index is 1600. The number of hydrogen-bond acceptors (Lipinski definition) is 3. The van der Waals surface area contributed by atoms with Crippen LogP contribution < -0.4 is 5.32 Å². The molecule has 0 unspecified atom stereocenters. The molecule has 0 aromatic heterocycles. The molecule has 1 aliphatic rings. The summed E-state index contributed by atoms with van der Waals surface area (Å²) in [5, 5.41) is 2.16. The van der Waals surface area contributed by atoms with E-state index in [1.807, 2.05) is 60.7 Å². The van der Waals surface area contributed by atoms with Gasteiger partial charge >= 0.3 is 0 Å². The molecule has 182 valence electrons. The second-order valence-corrected chi connectivity index (χ2v) is 9.97. The van der Waals surface area contributed by atoms with Crippen LogP contribution in [0.5, 0.6) is 0 Å². The summed E-state index contributed by atoms with van der Waals surface area (Å²) in [5.74, 6) is 0. The highest BCUT2D eigenvalue weighted by molar-refractivity contribution is 7.85. The molecule has 4 aromatic rings. The standard InChI is InChI=1S/C31H24N2O3S/c34-37(35,36)30-21-19-29(20-22-30)33-28-17-13-25(14-18-28)31(23-7-3-1-4-8-23)24-11-15-27(16-12-24)32-26-9-5-2-6-10-26/h1-22,32H,(H,34,35,36)/p+1. The third-order valence-corrected chi connectivity index (χ3v) is 6.81. The zero-order valence-electron chi connectivity index (χ0n) is 19.9. The van der Waals surface area contributed by atoms with Gasteiger partial charge < -0.3 is 0 Å². The van der Waals surface area contributed by atoms with E-state index in [1.54, 1.807) is 12.1 Å². The van der Waals surface area contributed by atoms with Gasteiger partial charge in [0.05, 0.1) is 16.3 Å². The zero-order chi connectivity index (χ0) is 25.7. The Kier molecular flexibility index (Phi) is 7.05. The first-order valence-corrected chi connectivity index (χ1v) is 13.2. The molecule has 0 spiro atoms. The summed E-state index contributed by atoms with van der Waals surface area (Å²) >= 11 is 0. The maximum Gasteiger partial charge on any atom is 0.294 e. The Morgan fingerprint density at radius 2 is 1.16 bits per heavy atom. The molecular weight excluding hydrogens is 480 g/mol. The van der Waals surface area contributed by atoms with Crippen molar-refractivity contribution >= 4 is 38.5 Å². The fourth-order valence-corrected chi connectivity index (χ4v) is 4.62. The predicted molar refractivity (Wildman–Crippen MR) is 148 cm³/mol. The molecule has 0 fully saturated rings. The first kappa shape index (κ1) is 24.3. The zero-order valence-corrected chi connectivity index (χ0v) is 20.7. The van der Waals surface area contributed by atoms with E-state index in [4.69, 9.17) is 4.55 Å². The van der Waals surface area contributed by atoms with Crippen molar-refractivity contribution in [1.29, 1.82) is 0 Å². The molecule has 0 heterocycles. The first-order valence-electron chi connectivity index (χ1n) is 11.8. The highest BCUT2D eigenvalue weighted by atomic mass is 32.2. The first-order chi connectivity index (χ1) is 18.0. The third kappa shape index (κ3) is 6.08. The molecule has 3 N–H and O–H groups in total. The Morgan fingerprint density at radius 3 is 1.76 bits per heavy atom. The molecule has 0 radical (unpaired) electrons. The van der Waals surface area contributed by atoms with Crippen LogP contribution in [0.3, 0.4) is 0 Å². The van der Waals surface area contributed by atoms with Crippen molar-refractivity contribution in [1.82, 2.24) is 0 Å². The minimum absolute atomic E-state index is 0.156. The molecule has 6 heteroatoms. The van der Waals surface area contributed by atoms with Gasteiger partial charge in [-0.25, -0.2) is 4.99 Å². The van der Waals surface area contributed by atoms with Gasteiger partial charge in [-0.2, -0.15) is 8.42 Å². The lowest BCUT2D eigenvalue weighted by molar-refractivity contribution is -0.478. The van der Waals surface area contributed by atoms with Crippen LogP contribution in [0.4, 0.5) is 17.1 Å². The quantitative estimate of drug-likeness (QED) is 0.243. The average molecular weight is 506 g/mol. The van der Waals surface area contributed by atoms with Crippen molar-refractivity contribution in [3.63, 3.8) is 0 Å². The monoisotopic (exact) mass is 505 g/mol. The fraction of sp³-hybridized carbons (Fsp3) is 0. The maximum absolute atomic E-state index is 11.3. The summed E-state index contributed by atoms with van der Waals surface area (Å²) in [4.78, 5) is 4.42. The number of nitrogens with two attached hydrogens (primary N) is 1. The molecule has 0 bridgehead atoms. The van der Waals surface area contributed by atoms with Crippen LogP contribution in [0.15, 0.2) is 149 Å². The SMILES string of the molecule is O=S(=O)(O)c1ccc(N=C2C=CC(=C(c3ccccc3)c3ccc([NH2+]c4ccccc4)cc3)C=C2)cc1. The van der Waals surface area contributed by atoms with Crippen molar-refractivity contribution in [2.75, 3.05) is 0 Å². The average Bonchev–Trinajstić information content (AvgIpc) is 2.92. The van der Waals surface area contributed by atoms with Crippen LogP contribution >= 0.6 is 0 Å². The molecule has 5 rings (SSSR count). The number of hydrogen-bond donors (Lipinski definition) is 2. The number of benzene rings is 4. The summed E-state index contributed by atoms with van der Waals surface area (Å²) in [6, 6.07) is 34.9. The normalized spacial score (nSPS) is 13.0. The van der Waals surface area contributed by atoms with E-state index in [9.17, 15) is 8.42 Å². The summed E-state index contributed by atoms with van der Waals surface area (Å²) in [5.41, 5.74) is 8.05. The van der Waals surface area contributed by atoms with Gasteiger partial charge in [-0.1, -0.05) is 60.7 Å². The van der Waals surface area contributed by atoms with Crippen LogP contribution in [0.2, 0.25) is 0 Å². The van der Waals surface area contributed by atoms with E-state index < -0.39 is 10.1 Å². The number of quaternary nitrogens is 1. The van der Waals surface area contributed by atoms with Crippen LogP contribution in [-0.2, 0) is 10.1 Å². The van der Waals surface area contributed by atoms with Crippen LogP contribution in [0.25, 0.3) is 5.57 Å². The topological polar surface area (TPSA) is 83.3 Å². The summed E-state index contributed by atoms with van der Waals surface area (Å²) in [6.45, 7) is 0. The van der Waals surface area contributed by atoms with Gasteiger partial charge in [0.2, 0.25) is 0 Å². The molecule has 0 amide bonds. The molecule has 0 saturated carbocycles. The van der Waals surface area contributed by atoms with E-state index >= 15 is 0 Å². The maximum atomic E-state index is 11.3.